The summed E-state index contributed by atoms with van der Waals surface area (Å²) >= 11 is 0. The second-order valence-corrected chi connectivity index (χ2v) is 7.76. The lowest BCUT2D eigenvalue weighted by Crippen LogP contribution is -2.28. The maximum Gasteiger partial charge on any atom is 0.307 e. The van der Waals surface area contributed by atoms with Crippen LogP contribution < -0.4 is 9.04 Å². The van der Waals surface area contributed by atoms with Crippen molar-refractivity contribution in [1.29, 1.82) is 0 Å². The predicted molar refractivity (Wildman–Crippen MR) is 95.8 cm³/mol. The molecule has 2 rings (SSSR count). The molecule has 0 bridgehead atoms. The van der Waals surface area contributed by atoms with Crippen molar-refractivity contribution in [2.75, 3.05) is 18.5 Å². The SMILES string of the molecule is COc1ccc(CC(=O)O)cc1S(=O)(=O)N(C)c1cc(C)ccc1C. The third-order valence-electron chi connectivity index (χ3n) is 3.93. The molecule has 1 N–H and O–H groups in total. The lowest BCUT2D eigenvalue weighted by atomic mass is 10.1. The van der Waals surface area contributed by atoms with E-state index in [2.05, 4.69) is 0 Å². The molecule has 0 aliphatic carbocycles. The number of sulfonamides is 1. The van der Waals surface area contributed by atoms with Crippen molar-refractivity contribution in [2.24, 2.45) is 0 Å². The van der Waals surface area contributed by atoms with Gasteiger partial charge in [0.2, 0.25) is 0 Å². The van der Waals surface area contributed by atoms with Gasteiger partial charge in [-0.05, 0) is 48.7 Å². The van der Waals surface area contributed by atoms with E-state index in [1.165, 1.54) is 30.6 Å². The Morgan fingerprint density at radius 1 is 1.16 bits per heavy atom. The van der Waals surface area contributed by atoms with E-state index in [-0.39, 0.29) is 17.1 Å². The quantitative estimate of drug-likeness (QED) is 0.853. The molecule has 6 nitrogen and oxygen atoms in total. The Bertz CT molecular complexity index is 906. The van der Waals surface area contributed by atoms with Crippen LogP contribution in [-0.2, 0) is 21.2 Å². The number of ether oxygens (including phenoxy) is 1. The fourth-order valence-corrected chi connectivity index (χ4v) is 4.00. The van der Waals surface area contributed by atoms with Gasteiger partial charge in [-0.25, -0.2) is 8.42 Å². The third kappa shape index (κ3) is 3.93. The Morgan fingerprint density at radius 2 is 1.84 bits per heavy atom. The van der Waals surface area contributed by atoms with Gasteiger partial charge < -0.3 is 9.84 Å². The van der Waals surface area contributed by atoms with Crippen LogP contribution >= 0.6 is 0 Å². The molecule has 2 aromatic carbocycles. The largest absolute Gasteiger partial charge is 0.495 e. The molecule has 0 amide bonds. The topological polar surface area (TPSA) is 83.9 Å². The number of aryl methyl sites for hydroxylation is 2. The highest BCUT2D eigenvalue weighted by molar-refractivity contribution is 7.93. The van der Waals surface area contributed by atoms with Crippen molar-refractivity contribution >= 4 is 21.7 Å². The summed E-state index contributed by atoms with van der Waals surface area (Å²) in [4.78, 5) is 10.9. The number of hydrogen-bond donors (Lipinski definition) is 1. The summed E-state index contributed by atoms with van der Waals surface area (Å²) in [6.07, 6.45) is -0.264. The maximum absolute atomic E-state index is 13.1. The van der Waals surface area contributed by atoms with Gasteiger partial charge in [-0.1, -0.05) is 18.2 Å². The van der Waals surface area contributed by atoms with E-state index in [1.807, 2.05) is 26.0 Å². The number of hydrogen-bond acceptors (Lipinski definition) is 4. The summed E-state index contributed by atoms with van der Waals surface area (Å²) in [5.74, 6) is -0.859. The minimum atomic E-state index is -3.92. The molecule has 0 aliphatic heterocycles. The van der Waals surface area contributed by atoms with Crippen molar-refractivity contribution in [1.82, 2.24) is 0 Å². The average Bonchev–Trinajstić information content (AvgIpc) is 2.55. The molecule has 0 aromatic heterocycles. The van der Waals surface area contributed by atoms with Crippen molar-refractivity contribution in [3.05, 3.63) is 53.1 Å². The Labute approximate surface area is 147 Å². The molecule has 0 aliphatic rings. The molecule has 0 spiro atoms. The van der Waals surface area contributed by atoms with Crippen molar-refractivity contribution in [3.8, 4) is 5.75 Å². The zero-order valence-corrected chi connectivity index (χ0v) is 15.4. The van der Waals surface area contributed by atoms with E-state index in [1.54, 1.807) is 12.1 Å². The van der Waals surface area contributed by atoms with Crippen molar-refractivity contribution in [3.63, 3.8) is 0 Å². The summed E-state index contributed by atoms with van der Waals surface area (Å²) in [6, 6.07) is 9.93. The first-order valence-electron chi connectivity index (χ1n) is 7.61. The van der Waals surface area contributed by atoms with Gasteiger partial charge in [-0.2, -0.15) is 0 Å². The highest BCUT2D eigenvalue weighted by Crippen LogP contribution is 2.31. The number of carbonyl (C=O) groups is 1. The van der Waals surface area contributed by atoms with Crippen LogP contribution in [0.4, 0.5) is 5.69 Å². The fraction of sp³-hybridized carbons (Fsp3) is 0.278. The summed E-state index contributed by atoms with van der Waals surface area (Å²) in [7, 11) is -1.07. The van der Waals surface area contributed by atoms with Crippen LogP contribution in [0.3, 0.4) is 0 Å². The lowest BCUT2D eigenvalue weighted by molar-refractivity contribution is -0.136. The number of benzene rings is 2. The van der Waals surface area contributed by atoms with Crippen LogP contribution in [-0.4, -0.2) is 33.7 Å². The number of carboxylic acid groups (broad SMARTS) is 1. The van der Waals surface area contributed by atoms with Gasteiger partial charge in [0, 0.05) is 7.05 Å². The molecule has 0 unspecified atom stereocenters. The van der Waals surface area contributed by atoms with Crippen LogP contribution in [0.1, 0.15) is 16.7 Å². The van der Waals surface area contributed by atoms with E-state index in [0.717, 1.165) is 11.1 Å². The van der Waals surface area contributed by atoms with Gasteiger partial charge in [-0.3, -0.25) is 9.10 Å². The molecule has 134 valence electrons. The van der Waals surface area contributed by atoms with E-state index in [4.69, 9.17) is 9.84 Å². The van der Waals surface area contributed by atoms with E-state index >= 15 is 0 Å². The molecular formula is C18H21NO5S. The molecule has 0 fully saturated rings. The van der Waals surface area contributed by atoms with Crippen LogP contribution in [0.2, 0.25) is 0 Å². The normalized spacial score (nSPS) is 11.2. The number of carboxylic acids is 1. The zero-order chi connectivity index (χ0) is 18.8. The second kappa shape index (κ2) is 7.14. The molecule has 0 saturated carbocycles. The predicted octanol–water partition coefficient (Wildman–Crippen LogP) is 2.76. The summed E-state index contributed by atoms with van der Waals surface area (Å²) in [5.41, 5.74) is 2.71. The van der Waals surface area contributed by atoms with Crippen LogP contribution in [0.25, 0.3) is 0 Å². The minimum Gasteiger partial charge on any atom is -0.495 e. The number of aliphatic carboxylic acids is 1. The van der Waals surface area contributed by atoms with E-state index in [9.17, 15) is 13.2 Å². The zero-order valence-electron chi connectivity index (χ0n) is 14.6. The van der Waals surface area contributed by atoms with Gasteiger partial charge in [0.05, 0.1) is 19.2 Å². The minimum absolute atomic E-state index is 0.0582. The maximum atomic E-state index is 13.1. The molecule has 0 saturated heterocycles. The number of nitrogens with zero attached hydrogens (tertiary/aromatic N) is 1. The highest BCUT2D eigenvalue weighted by Gasteiger charge is 2.27. The van der Waals surface area contributed by atoms with Crippen molar-refractivity contribution < 1.29 is 23.1 Å². The summed E-state index contributed by atoms with van der Waals surface area (Å²) in [5, 5.41) is 8.95. The van der Waals surface area contributed by atoms with Gasteiger partial charge in [0.15, 0.2) is 0 Å². The second-order valence-electron chi connectivity index (χ2n) is 5.82. The van der Waals surface area contributed by atoms with Gasteiger partial charge in [0.25, 0.3) is 10.0 Å². The number of methoxy groups -OCH3 is 1. The monoisotopic (exact) mass is 363 g/mol. The molecule has 25 heavy (non-hydrogen) atoms. The van der Waals surface area contributed by atoms with Crippen molar-refractivity contribution in [2.45, 2.75) is 25.2 Å². The van der Waals surface area contributed by atoms with E-state index in [0.29, 0.717) is 11.3 Å². The third-order valence-corrected chi connectivity index (χ3v) is 5.72. The Hall–Kier alpha value is -2.54. The Kier molecular flexibility index (Phi) is 5.37. The Balaban J connectivity index is 2.57. The summed E-state index contributed by atoms with van der Waals surface area (Å²) < 4.78 is 32.6. The average molecular weight is 363 g/mol. The van der Waals surface area contributed by atoms with Crippen LogP contribution in [0, 0.1) is 13.8 Å². The molecule has 0 heterocycles. The van der Waals surface area contributed by atoms with Crippen LogP contribution in [0.15, 0.2) is 41.3 Å². The molecule has 0 radical (unpaired) electrons. The summed E-state index contributed by atoms with van der Waals surface area (Å²) in [6.45, 7) is 3.72. The van der Waals surface area contributed by atoms with E-state index < -0.39 is 16.0 Å². The molecule has 2 aromatic rings. The first-order valence-corrected chi connectivity index (χ1v) is 9.05. The smallest absolute Gasteiger partial charge is 0.307 e. The van der Waals surface area contributed by atoms with Gasteiger partial charge in [0.1, 0.15) is 10.6 Å². The van der Waals surface area contributed by atoms with Gasteiger partial charge in [-0.15, -0.1) is 0 Å². The highest BCUT2D eigenvalue weighted by atomic mass is 32.2. The molecular weight excluding hydrogens is 342 g/mol. The Morgan fingerprint density at radius 3 is 2.44 bits per heavy atom. The first-order chi connectivity index (χ1) is 11.7. The fourth-order valence-electron chi connectivity index (χ4n) is 2.54. The standard InChI is InChI=1S/C18H21NO5S/c1-12-5-6-13(2)15(9-12)19(3)25(22,23)17-10-14(11-18(20)21)7-8-16(17)24-4/h5-10H,11H2,1-4H3,(H,20,21). The lowest BCUT2D eigenvalue weighted by Gasteiger charge is -2.23. The molecule has 0 atom stereocenters. The number of anilines is 1. The van der Waals surface area contributed by atoms with Gasteiger partial charge >= 0.3 is 5.97 Å². The number of rotatable bonds is 6. The van der Waals surface area contributed by atoms with Crippen LogP contribution in [0.5, 0.6) is 5.75 Å². The molecule has 7 heteroatoms. The first kappa shape index (κ1) is 18.8.